The van der Waals surface area contributed by atoms with Crippen molar-refractivity contribution in [3.63, 3.8) is 0 Å². The number of carbonyl (C=O) groups excluding carboxylic acids is 2. The number of halogens is 3. The van der Waals surface area contributed by atoms with E-state index < -0.39 is 34.6 Å². The van der Waals surface area contributed by atoms with Crippen LogP contribution in [0.25, 0.3) is 0 Å². The number of benzene rings is 1. The SMILES string of the molecule is CCC(=O)C(=O)c1ccc(F)c(F)c1F. The molecule has 0 amide bonds. The van der Waals surface area contributed by atoms with E-state index in [-0.39, 0.29) is 6.42 Å². The summed E-state index contributed by atoms with van der Waals surface area (Å²) in [4.78, 5) is 22.1. The second-order valence-corrected chi connectivity index (χ2v) is 2.83. The van der Waals surface area contributed by atoms with Crippen molar-refractivity contribution in [1.29, 1.82) is 0 Å². The fourth-order valence-electron chi connectivity index (χ4n) is 1.01. The Hall–Kier alpha value is -1.65. The van der Waals surface area contributed by atoms with E-state index in [1.165, 1.54) is 6.92 Å². The van der Waals surface area contributed by atoms with Crippen LogP contribution in [0.5, 0.6) is 0 Å². The zero-order chi connectivity index (χ0) is 11.6. The first-order chi connectivity index (χ1) is 6.99. The Labute approximate surface area is 83.7 Å². The average molecular weight is 216 g/mol. The molecular weight excluding hydrogens is 209 g/mol. The van der Waals surface area contributed by atoms with Crippen molar-refractivity contribution >= 4 is 11.6 Å². The first-order valence-corrected chi connectivity index (χ1v) is 4.20. The van der Waals surface area contributed by atoms with Crippen LogP contribution in [0.1, 0.15) is 23.7 Å². The minimum Gasteiger partial charge on any atom is -0.290 e. The molecule has 1 aromatic carbocycles. The predicted octanol–water partition coefficient (Wildman–Crippen LogP) is 2.27. The van der Waals surface area contributed by atoms with E-state index in [2.05, 4.69) is 0 Å². The number of ketones is 2. The summed E-state index contributed by atoms with van der Waals surface area (Å²) in [5.41, 5.74) is -0.735. The zero-order valence-electron chi connectivity index (χ0n) is 7.81. The Kier molecular flexibility index (Phi) is 3.24. The van der Waals surface area contributed by atoms with Crippen LogP contribution in [-0.2, 0) is 4.79 Å². The van der Waals surface area contributed by atoms with Crippen molar-refractivity contribution in [1.82, 2.24) is 0 Å². The highest BCUT2D eigenvalue weighted by atomic mass is 19.2. The number of carbonyl (C=O) groups is 2. The van der Waals surface area contributed by atoms with Crippen molar-refractivity contribution < 1.29 is 22.8 Å². The van der Waals surface area contributed by atoms with Gasteiger partial charge in [0.05, 0.1) is 5.56 Å². The summed E-state index contributed by atoms with van der Waals surface area (Å²) < 4.78 is 38.2. The Morgan fingerprint density at radius 3 is 2.27 bits per heavy atom. The third kappa shape index (κ3) is 2.06. The topological polar surface area (TPSA) is 34.1 Å². The molecule has 0 aliphatic rings. The van der Waals surface area contributed by atoms with Gasteiger partial charge in [0.1, 0.15) is 0 Å². The van der Waals surface area contributed by atoms with Crippen LogP contribution in [0, 0.1) is 17.5 Å². The molecule has 1 aromatic rings. The largest absolute Gasteiger partial charge is 0.290 e. The zero-order valence-corrected chi connectivity index (χ0v) is 7.81. The van der Waals surface area contributed by atoms with Gasteiger partial charge in [-0.3, -0.25) is 9.59 Å². The molecule has 0 heterocycles. The summed E-state index contributed by atoms with van der Waals surface area (Å²) in [6.07, 6.45) is -0.114. The maximum absolute atomic E-state index is 13.0. The van der Waals surface area contributed by atoms with Gasteiger partial charge >= 0.3 is 0 Å². The molecule has 0 unspecified atom stereocenters. The van der Waals surface area contributed by atoms with E-state index in [0.717, 1.165) is 6.07 Å². The quantitative estimate of drug-likeness (QED) is 0.441. The van der Waals surface area contributed by atoms with E-state index in [9.17, 15) is 22.8 Å². The molecule has 15 heavy (non-hydrogen) atoms. The molecule has 0 radical (unpaired) electrons. The lowest BCUT2D eigenvalue weighted by molar-refractivity contribution is -0.114. The lowest BCUT2D eigenvalue weighted by Crippen LogP contribution is -2.15. The van der Waals surface area contributed by atoms with E-state index in [4.69, 9.17) is 0 Å². The van der Waals surface area contributed by atoms with Gasteiger partial charge in [-0.15, -0.1) is 0 Å². The van der Waals surface area contributed by atoms with Crippen LogP contribution < -0.4 is 0 Å². The van der Waals surface area contributed by atoms with Gasteiger partial charge < -0.3 is 0 Å². The normalized spacial score (nSPS) is 10.1. The van der Waals surface area contributed by atoms with E-state index in [0.29, 0.717) is 6.07 Å². The van der Waals surface area contributed by atoms with Crippen LogP contribution >= 0.6 is 0 Å². The van der Waals surface area contributed by atoms with Gasteiger partial charge in [0.25, 0.3) is 0 Å². The van der Waals surface area contributed by atoms with Crippen molar-refractivity contribution in [2.45, 2.75) is 13.3 Å². The molecule has 0 atom stereocenters. The van der Waals surface area contributed by atoms with Crippen molar-refractivity contribution in [3.05, 3.63) is 35.1 Å². The minimum atomic E-state index is -1.75. The summed E-state index contributed by atoms with van der Waals surface area (Å²) in [7, 11) is 0. The smallest absolute Gasteiger partial charge is 0.231 e. The van der Waals surface area contributed by atoms with E-state index in [1.807, 2.05) is 0 Å². The molecule has 80 valence electrons. The first-order valence-electron chi connectivity index (χ1n) is 4.20. The Morgan fingerprint density at radius 1 is 1.13 bits per heavy atom. The van der Waals surface area contributed by atoms with Gasteiger partial charge in [0.2, 0.25) is 11.6 Å². The highest BCUT2D eigenvalue weighted by molar-refractivity contribution is 6.43. The number of rotatable bonds is 3. The highest BCUT2D eigenvalue weighted by Crippen LogP contribution is 2.16. The van der Waals surface area contributed by atoms with E-state index >= 15 is 0 Å². The standard InChI is InChI=1S/C10H7F3O2/c1-2-7(14)10(15)5-3-4-6(11)9(13)8(5)12/h3-4H,2H2,1H3. The lowest BCUT2D eigenvalue weighted by Gasteiger charge is -2.01. The number of hydrogen-bond acceptors (Lipinski definition) is 2. The molecule has 1 rings (SSSR count). The molecule has 0 spiro atoms. The summed E-state index contributed by atoms with van der Waals surface area (Å²) in [6.45, 7) is 1.41. The Bertz CT molecular complexity index is 427. The summed E-state index contributed by atoms with van der Waals surface area (Å²) in [5, 5.41) is 0. The van der Waals surface area contributed by atoms with Gasteiger partial charge in [-0.2, -0.15) is 0 Å². The van der Waals surface area contributed by atoms with Crippen molar-refractivity contribution in [2.75, 3.05) is 0 Å². The Balaban J connectivity index is 3.22. The van der Waals surface area contributed by atoms with Crippen LogP contribution in [-0.4, -0.2) is 11.6 Å². The molecular formula is C10H7F3O2. The Morgan fingerprint density at radius 2 is 1.73 bits per heavy atom. The molecule has 0 fully saturated rings. The molecule has 5 heteroatoms. The first kappa shape index (κ1) is 11.4. The van der Waals surface area contributed by atoms with Crippen molar-refractivity contribution in [2.24, 2.45) is 0 Å². The van der Waals surface area contributed by atoms with Gasteiger partial charge in [-0.1, -0.05) is 6.92 Å². The van der Waals surface area contributed by atoms with Gasteiger partial charge in [-0.25, -0.2) is 13.2 Å². The fourth-order valence-corrected chi connectivity index (χ4v) is 1.01. The average Bonchev–Trinajstić information content (AvgIpc) is 2.24. The second-order valence-electron chi connectivity index (χ2n) is 2.83. The van der Waals surface area contributed by atoms with Crippen LogP contribution in [0.3, 0.4) is 0 Å². The molecule has 0 bridgehead atoms. The molecule has 0 N–H and O–H groups in total. The third-order valence-electron chi connectivity index (χ3n) is 1.85. The van der Waals surface area contributed by atoms with Crippen LogP contribution in [0.2, 0.25) is 0 Å². The number of Topliss-reactive ketones (excluding diaryl/α,β-unsaturated/α-hetero) is 2. The van der Waals surface area contributed by atoms with Crippen LogP contribution in [0.15, 0.2) is 12.1 Å². The maximum atomic E-state index is 13.0. The summed E-state index contributed by atoms with van der Waals surface area (Å²) in [6, 6.07) is 1.36. The maximum Gasteiger partial charge on any atom is 0.231 e. The molecule has 0 aliphatic heterocycles. The predicted molar refractivity (Wildman–Crippen MR) is 45.9 cm³/mol. The minimum absolute atomic E-state index is 0.114. The summed E-state index contributed by atoms with van der Waals surface area (Å²) >= 11 is 0. The molecule has 0 aliphatic carbocycles. The fraction of sp³-hybridized carbons (Fsp3) is 0.200. The second kappa shape index (κ2) is 4.25. The van der Waals surface area contributed by atoms with Gasteiger partial charge in [-0.05, 0) is 12.1 Å². The molecule has 0 aromatic heterocycles. The van der Waals surface area contributed by atoms with Crippen molar-refractivity contribution in [3.8, 4) is 0 Å². The monoisotopic (exact) mass is 216 g/mol. The number of hydrogen-bond donors (Lipinski definition) is 0. The van der Waals surface area contributed by atoms with Gasteiger partial charge in [0.15, 0.2) is 17.5 Å². The summed E-state index contributed by atoms with van der Waals surface area (Å²) in [5.74, 6) is -6.76. The van der Waals surface area contributed by atoms with E-state index in [1.54, 1.807) is 0 Å². The lowest BCUT2D eigenvalue weighted by atomic mass is 10.1. The van der Waals surface area contributed by atoms with Crippen LogP contribution in [0.4, 0.5) is 13.2 Å². The van der Waals surface area contributed by atoms with Gasteiger partial charge in [0, 0.05) is 6.42 Å². The highest BCUT2D eigenvalue weighted by Gasteiger charge is 2.22. The molecule has 2 nitrogen and oxygen atoms in total. The molecule has 0 saturated heterocycles. The molecule has 0 saturated carbocycles. The third-order valence-corrected chi connectivity index (χ3v) is 1.85.